The monoisotopic (exact) mass is 186 g/mol. The summed E-state index contributed by atoms with van der Waals surface area (Å²) in [6.07, 6.45) is 0.719. The third-order valence-electron chi connectivity index (χ3n) is 2.98. The molecule has 0 amide bonds. The molecular weight excluding hydrogens is 164 g/mol. The number of hydrogen-bond acceptors (Lipinski definition) is 3. The fourth-order valence-electron chi connectivity index (χ4n) is 1.72. The molecule has 2 atom stereocenters. The van der Waals surface area contributed by atoms with Crippen molar-refractivity contribution in [1.29, 1.82) is 0 Å². The zero-order valence-corrected chi connectivity index (χ0v) is 9.03. The van der Waals surface area contributed by atoms with Crippen LogP contribution in [0.2, 0.25) is 0 Å². The highest BCUT2D eigenvalue weighted by molar-refractivity contribution is 4.77. The predicted octanol–water partition coefficient (Wildman–Crippen LogP) is 0.393. The van der Waals surface area contributed by atoms with Gasteiger partial charge in [0.05, 0.1) is 6.10 Å². The number of likely N-dealkylation sites (N-methyl/N-ethyl adjacent to an activating group) is 1. The van der Waals surface area contributed by atoms with E-state index in [-0.39, 0.29) is 6.10 Å². The smallest absolute Gasteiger partial charge is 0.0664 e. The maximum Gasteiger partial charge on any atom is 0.0664 e. The molecule has 0 spiro atoms. The minimum absolute atomic E-state index is 0.143. The van der Waals surface area contributed by atoms with Gasteiger partial charge in [-0.05, 0) is 20.4 Å². The molecule has 1 aliphatic heterocycles. The van der Waals surface area contributed by atoms with E-state index in [0.29, 0.717) is 6.04 Å². The van der Waals surface area contributed by atoms with E-state index in [1.807, 2.05) is 6.92 Å². The number of nitrogens with zero attached hydrogens (tertiary/aromatic N) is 2. The van der Waals surface area contributed by atoms with Crippen LogP contribution in [0.1, 0.15) is 20.3 Å². The number of aliphatic hydroxyl groups is 1. The lowest BCUT2D eigenvalue weighted by atomic mass is 10.2. The Kier molecular flexibility index (Phi) is 4.16. The largest absolute Gasteiger partial charge is 0.392 e. The molecule has 1 fully saturated rings. The SMILES string of the molecule is CC[C@@H](O)CN1CCN(C)C(C)C1. The average molecular weight is 186 g/mol. The Bertz CT molecular complexity index is 150. The lowest BCUT2D eigenvalue weighted by Crippen LogP contribution is -2.51. The van der Waals surface area contributed by atoms with E-state index in [1.165, 1.54) is 0 Å². The maximum absolute atomic E-state index is 9.51. The van der Waals surface area contributed by atoms with E-state index in [1.54, 1.807) is 0 Å². The van der Waals surface area contributed by atoms with Crippen molar-refractivity contribution in [3.63, 3.8) is 0 Å². The quantitative estimate of drug-likeness (QED) is 0.691. The molecule has 0 aromatic heterocycles. The van der Waals surface area contributed by atoms with Crippen LogP contribution in [0.3, 0.4) is 0 Å². The van der Waals surface area contributed by atoms with Crippen molar-refractivity contribution < 1.29 is 5.11 Å². The molecule has 3 heteroatoms. The summed E-state index contributed by atoms with van der Waals surface area (Å²) in [5, 5.41) is 9.51. The van der Waals surface area contributed by atoms with Gasteiger partial charge in [-0.15, -0.1) is 0 Å². The lowest BCUT2D eigenvalue weighted by Gasteiger charge is -2.38. The highest BCUT2D eigenvalue weighted by atomic mass is 16.3. The topological polar surface area (TPSA) is 26.7 Å². The number of β-amino-alcohol motifs (C(OH)–C–C–N with tert-alkyl or cyclic N) is 1. The van der Waals surface area contributed by atoms with Gasteiger partial charge in [-0.3, -0.25) is 4.90 Å². The van der Waals surface area contributed by atoms with Gasteiger partial charge in [0, 0.05) is 32.2 Å². The van der Waals surface area contributed by atoms with Crippen LogP contribution in [-0.4, -0.2) is 60.3 Å². The molecule has 1 saturated heterocycles. The highest BCUT2D eigenvalue weighted by Crippen LogP contribution is 2.07. The van der Waals surface area contributed by atoms with Crippen molar-refractivity contribution in [2.24, 2.45) is 0 Å². The molecule has 1 unspecified atom stereocenters. The first-order valence-electron chi connectivity index (χ1n) is 5.24. The molecule has 3 nitrogen and oxygen atoms in total. The lowest BCUT2D eigenvalue weighted by molar-refractivity contribution is 0.0558. The molecule has 78 valence electrons. The van der Waals surface area contributed by atoms with Crippen LogP contribution in [0.15, 0.2) is 0 Å². The van der Waals surface area contributed by atoms with E-state index in [0.717, 1.165) is 32.6 Å². The van der Waals surface area contributed by atoms with E-state index >= 15 is 0 Å². The van der Waals surface area contributed by atoms with Crippen molar-refractivity contribution in [1.82, 2.24) is 9.80 Å². The first-order valence-corrected chi connectivity index (χ1v) is 5.24. The molecular formula is C10H22N2O. The summed E-state index contributed by atoms with van der Waals surface area (Å²) in [5.74, 6) is 0. The number of aliphatic hydroxyl groups excluding tert-OH is 1. The third kappa shape index (κ3) is 3.25. The van der Waals surface area contributed by atoms with Crippen molar-refractivity contribution in [2.45, 2.75) is 32.4 Å². The van der Waals surface area contributed by atoms with E-state index in [2.05, 4.69) is 23.8 Å². The summed E-state index contributed by atoms with van der Waals surface area (Å²) >= 11 is 0. The summed E-state index contributed by atoms with van der Waals surface area (Å²) in [6.45, 7) is 8.42. The van der Waals surface area contributed by atoms with Crippen molar-refractivity contribution in [3.05, 3.63) is 0 Å². The molecule has 1 aliphatic rings. The second kappa shape index (κ2) is 4.94. The summed E-state index contributed by atoms with van der Waals surface area (Å²) < 4.78 is 0. The van der Waals surface area contributed by atoms with Crippen LogP contribution in [0.5, 0.6) is 0 Å². The van der Waals surface area contributed by atoms with Crippen molar-refractivity contribution in [3.8, 4) is 0 Å². The minimum Gasteiger partial charge on any atom is -0.392 e. The van der Waals surface area contributed by atoms with Gasteiger partial charge >= 0.3 is 0 Å². The van der Waals surface area contributed by atoms with E-state index in [9.17, 15) is 5.11 Å². The average Bonchev–Trinajstić information content (AvgIpc) is 2.11. The third-order valence-corrected chi connectivity index (χ3v) is 2.98. The molecule has 0 aromatic rings. The van der Waals surface area contributed by atoms with Crippen LogP contribution >= 0.6 is 0 Å². The summed E-state index contributed by atoms with van der Waals surface area (Å²) in [5.41, 5.74) is 0. The molecule has 0 saturated carbocycles. The Morgan fingerprint density at radius 3 is 2.69 bits per heavy atom. The normalized spacial score (nSPS) is 29.1. The molecule has 1 heterocycles. The zero-order chi connectivity index (χ0) is 9.84. The van der Waals surface area contributed by atoms with Crippen LogP contribution in [-0.2, 0) is 0 Å². The molecule has 13 heavy (non-hydrogen) atoms. The maximum atomic E-state index is 9.51. The van der Waals surface area contributed by atoms with Crippen LogP contribution in [0.4, 0.5) is 0 Å². The number of hydrogen-bond donors (Lipinski definition) is 1. The van der Waals surface area contributed by atoms with Gasteiger partial charge in [-0.2, -0.15) is 0 Å². The second-order valence-electron chi connectivity index (χ2n) is 4.15. The molecule has 0 radical (unpaired) electrons. The molecule has 0 aliphatic carbocycles. The Morgan fingerprint density at radius 1 is 1.46 bits per heavy atom. The molecule has 0 bridgehead atoms. The van der Waals surface area contributed by atoms with Crippen molar-refractivity contribution >= 4 is 0 Å². The molecule has 0 aromatic carbocycles. The fourth-order valence-corrected chi connectivity index (χ4v) is 1.72. The van der Waals surface area contributed by atoms with Gasteiger partial charge in [0.15, 0.2) is 0 Å². The first kappa shape index (κ1) is 11.0. The number of piperazine rings is 1. The van der Waals surface area contributed by atoms with Crippen LogP contribution in [0.25, 0.3) is 0 Å². The molecule has 1 N–H and O–H groups in total. The summed E-state index contributed by atoms with van der Waals surface area (Å²) in [6, 6.07) is 0.623. The summed E-state index contributed by atoms with van der Waals surface area (Å²) in [7, 11) is 2.16. The van der Waals surface area contributed by atoms with Gasteiger partial charge in [-0.1, -0.05) is 6.92 Å². The predicted molar refractivity (Wildman–Crippen MR) is 54.8 cm³/mol. The fraction of sp³-hybridized carbons (Fsp3) is 1.00. The molecule has 1 rings (SSSR count). The Balaban J connectivity index is 2.29. The van der Waals surface area contributed by atoms with Crippen LogP contribution < -0.4 is 0 Å². The van der Waals surface area contributed by atoms with Gasteiger partial charge in [0.25, 0.3) is 0 Å². The zero-order valence-electron chi connectivity index (χ0n) is 9.03. The van der Waals surface area contributed by atoms with Gasteiger partial charge < -0.3 is 10.0 Å². The van der Waals surface area contributed by atoms with Gasteiger partial charge in [0.2, 0.25) is 0 Å². The Morgan fingerprint density at radius 2 is 2.15 bits per heavy atom. The van der Waals surface area contributed by atoms with E-state index in [4.69, 9.17) is 0 Å². The van der Waals surface area contributed by atoms with Gasteiger partial charge in [-0.25, -0.2) is 0 Å². The standard InChI is InChI=1S/C10H22N2O/c1-4-10(13)8-12-6-5-11(3)9(2)7-12/h9-10,13H,4-8H2,1-3H3/t9?,10-/m1/s1. The first-order chi connectivity index (χ1) is 6.13. The second-order valence-corrected chi connectivity index (χ2v) is 4.15. The van der Waals surface area contributed by atoms with Gasteiger partial charge in [0.1, 0.15) is 0 Å². The summed E-state index contributed by atoms with van der Waals surface area (Å²) in [4.78, 5) is 4.73. The van der Waals surface area contributed by atoms with Crippen molar-refractivity contribution in [2.75, 3.05) is 33.2 Å². The Labute approximate surface area is 81.3 Å². The number of rotatable bonds is 3. The highest BCUT2D eigenvalue weighted by Gasteiger charge is 2.21. The Hall–Kier alpha value is -0.120. The minimum atomic E-state index is -0.143. The van der Waals surface area contributed by atoms with Crippen LogP contribution in [0, 0.1) is 0 Å². The van der Waals surface area contributed by atoms with E-state index < -0.39 is 0 Å².